The van der Waals surface area contributed by atoms with Gasteiger partial charge in [-0.05, 0) is 13.3 Å². The third-order valence-corrected chi connectivity index (χ3v) is 1.74. The van der Waals surface area contributed by atoms with Gasteiger partial charge in [-0.2, -0.15) is 0 Å². The molecule has 2 N–H and O–H groups in total. The number of nitrogens with one attached hydrogen (secondary N) is 1. The van der Waals surface area contributed by atoms with Gasteiger partial charge in [0.15, 0.2) is 0 Å². The van der Waals surface area contributed by atoms with E-state index in [1.807, 2.05) is 0 Å². The zero-order valence-corrected chi connectivity index (χ0v) is 5.68. The average Bonchev–Trinajstić information content (AvgIpc) is 2.13. The van der Waals surface area contributed by atoms with Crippen molar-refractivity contribution in [3.05, 3.63) is 0 Å². The van der Waals surface area contributed by atoms with E-state index in [0.717, 1.165) is 0 Å². The zero-order chi connectivity index (χ0) is 7.78. The van der Waals surface area contributed by atoms with E-state index < -0.39 is 11.5 Å². The summed E-state index contributed by atoms with van der Waals surface area (Å²) >= 11 is 0. The molecule has 1 fully saturated rings. The molecule has 0 aromatic heterocycles. The summed E-state index contributed by atoms with van der Waals surface area (Å²) in [6, 6.07) is 0. The van der Waals surface area contributed by atoms with Crippen molar-refractivity contribution in [1.29, 1.82) is 0 Å². The third kappa shape index (κ3) is 0.964. The third-order valence-electron chi connectivity index (χ3n) is 1.74. The molecule has 0 spiro atoms. The summed E-state index contributed by atoms with van der Waals surface area (Å²) in [5.41, 5.74) is -1.02. The number of carboxylic acids is 1. The molecule has 0 saturated carbocycles. The summed E-state index contributed by atoms with van der Waals surface area (Å²) in [5.74, 6) is -1.14. The smallest absolute Gasteiger partial charge is 0.329 e. The van der Waals surface area contributed by atoms with Crippen LogP contribution in [0.4, 0.5) is 0 Å². The minimum atomic E-state index is -1.02. The molecule has 56 valence electrons. The van der Waals surface area contributed by atoms with Gasteiger partial charge in [-0.25, -0.2) is 4.79 Å². The van der Waals surface area contributed by atoms with Crippen molar-refractivity contribution in [3.8, 4) is 0 Å². The first kappa shape index (κ1) is 7.05. The highest BCUT2D eigenvalue weighted by Gasteiger charge is 2.39. The predicted molar refractivity (Wildman–Crippen MR) is 33.4 cm³/mol. The van der Waals surface area contributed by atoms with Gasteiger partial charge in [0.2, 0.25) is 5.91 Å². The molecule has 0 aliphatic carbocycles. The van der Waals surface area contributed by atoms with Crippen molar-refractivity contribution in [2.24, 2.45) is 0 Å². The molecule has 1 atom stereocenters. The fraction of sp³-hybridized carbons (Fsp3) is 0.667. The zero-order valence-electron chi connectivity index (χ0n) is 5.68. The lowest BCUT2D eigenvalue weighted by atomic mass is 10.0. The van der Waals surface area contributed by atoms with Crippen LogP contribution in [0.5, 0.6) is 0 Å². The van der Waals surface area contributed by atoms with E-state index >= 15 is 0 Å². The van der Waals surface area contributed by atoms with Gasteiger partial charge in [-0.15, -0.1) is 0 Å². The van der Waals surface area contributed by atoms with Crippen LogP contribution in [0.1, 0.15) is 19.8 Å². The van der Waals surface area contributed by atoms with Crippen LogP contribution in [0.15, 0.2) is 0 Å². The number of aliphatic carboxylic acids is 1. The molecule has 10 heavy (non-hydrogen) atoms. The topological polar surface area (TPSA) is 66.4 Å². The molecule has 4 nitrogen and oxygen atoms in total. The Morgan fingerprint density at radius 1 is 1.80 bits per heavy atom. The van der Waals surface area contributed by atoms with Gasteiger partial charge in [0.1, 0.15) is 5.54 Å². The first-order chi connectivity index (χ1) is 4.54. The fourth-order valence-corrected chi connectivity index (χ4v) is 0.957. The second kappa shape index (κ2) is 1.97. The molecular formula is C6H9NO3. The summed E-state index contributed by atoms with van der Waals surface area (Å²) in [4.78, 5) is 21.0. The molecule has 1 amide bonds. The van der Waals surface area contributed by atoms with Crippen molar-refractivity contribution in [1.82, 2.24) is 5.32 Å². The molecule has 1 aliphatic heterocycles. The quantitative estimate of drug-likeness (QED) is 0.531. The maximum absolute atomic E-state index is 10.6. The number of hydrogen-bond donors (Lipinski definition) is 2. The lowest BCUT2D eigenvalue weighted by Gasteiger charge is -2.16. The molecular weight excluding hydrogens is 134 g/mol. The first-order valence-corrected chi connectivity index (χ1v) is 3.09. The van der Waals surface area contributed by atoms with E-state index in [1.165, 1.54) is 6.92 Å². The molecule has 1 unspecified atom stereocenters. The largest absolute Gasteiger partial charge is 0.480 e. The highest BCUT2D eigenvalue weighted by molar-refractivity contribution is 5.90. The molecule has 0 radical (unpaired) electrons. The lowest BCUT2D eigenvalue weighted by Crippen LogP contribution is -2.45. The minimum Gasteiger partial charge on any atom is -0.480 e. The van der Waals surface area contributed by atoms with Crippen LogP contribution in [0.25, 0.3) is 0 Å². The van der Waals surface area contributed by atoms with Crippen LogP contribution >= 0.6 is 0 Å². The van der Waals surface area contributed by atoms with E-state index in [2.05, 4.69) is 5.32 Å². The summed E-state index contributed by atoms with van der Waals surface area (Å²) in [5, 5.41) is 11.0. The maximum atomic E-state index is 10.6. The van der Waals surface area contributed by atoms with Gasteiger partial charge in [0.05, 0.1) is 0 Å². The van der Waals surface area contributed by atoms with Crippen molar-refractivity contribution >= 4 is 11.9 Å². The maximum Gasteiger partial charge on any atom is 0.329 e. The average molecular weight is 143 g/mol. The van der Waals surface area contributed by atoms with Gasteiger partial charge in [-0.3, -0.25) is 4.79 Å². The van der Waals surface area contributed by atoms with E-state index in [9.17, 15) is 9.59 Å². The van der Waals surface area contributed by atoms with E-state index in [-0.39, 0.29) is 5.91 Å². The van der Waals surface area contributed by atoms with Gasteiger partial charge < -0.3 is 10.4 Å². The van der Waals surface area contributed by atoms with E-state index in [0.29, 0.717) is 12.8 Å². The molecule has 1 heterocycles. The highest BCUT2D eigenvalue weighted by Crippen LogP contribution is 2.18. The molecule has 0 bridgehead atoms. The van der Waals surface area contributed by atoms with Gasteiger partial charge in [0.25, 0.3) is 0 Å². The number of carboxylic acid groups (broad SMARTS) is 1. The number of carbonyl (C=O) groups is 2. The molecule has 4 heteroatoms. The normalized spacial score (nSPS) is 31.9. The first-order valence-electron chi connectivity index (χ1n) is 3.09. The standard InChI is InChI=1S/C6H9NO3/c1-6(5(9)10)3-2-4(8)7-6/h2-3H2,1H3,(H,7,8)(H,9,10). The van der Waals surface area contributed by atoms with Crippen LogP contribution in [0.2, 0.25) is 0 Å². The molecule has 0 aromatic carbocycles. The Bertz CT molecular complexity index is 189. The Hall–Kier alpha value is -1.06. The summed E-state index contributed by atoms with van der Waals surface area (Å²) in [7, 11) is 0. The highest BCUT2D eigenvalue weighted by atomic mass is 16.4. The Morgan fingerprint density at radius 2 is 2.40 bits per heavy atom. The minimum absolute atomic E-state index is 0.176. The Balaban J connectivity index is 2.72. The van der Waals surface area contributed by atoms with E-state index in [1.54, 1.807) is 0 Å². The number of rotatable bonds is 1. The van der Waals surface area contributed by atoms with Crippen LogP contribution in [0.3, 0.4) is 0 Å². The van der Waals surface area contributed by atoms with E-state index in [4.69, 9.17) is 5.11 Å². The molecule has 1 aliphatic rings. The fourth-order valence-electron chi connectivity index (χ4n) is 0.957. The Labute approximate surface area is 58.2 Å². The summed E-state index contributed by atoms with van der Waals surface area (Å²) < 4.78 is 0. The number of hydrogen-bond acceptors (Lipinski definition) is 2. The SMILES string of the molecule is CC1(C(=O)O)CCC(=O)N1. The number of carbonyl (C=O) groups excluding carboxylic acids is 1. The Morgan fingerprint density at radius 3 is 2.60 bits per heavy atom. The lowest BCUT2D eigenvalue weighted by molar-refractivity contribution is -0.144. The van der Waals surface area contributed by atoms with Crippen molar-refractivity contribution in [3.63, 3.8) is 0 Å². The van der Waals surface area contributed by atoms with Crippen molar-refractivity contribution in [2.45, 2.75) is 25.3 Å². The molecule has 1 rings (SSSR count). The second-order valence-electron chi connectivity index (χ2n) is 2.69. The van der Waals surface area contributed by atoms with Crippen LogP contribution < -0.4 is 5.32 Å². The van der Waals surface area contributed by atoms with Gasteiger partial charge >= 0.3 is 5.97 Å². The van der Waals surface area contributed by atoms with Crippen LogP contribution in [-0.4, -0.2) is 22.5 Å². The van der Waals surface area contributed by atoms with Crippen molar-refractivity contribution in [2.75, 3.05) is 0 Å². The van der Waals surface area contributed by atoms with Gasteiger partial charge in [0, 0.05) is 6.42 Å². The van der Waals surface area contributed by atoms with Crippen molar-refractivity contribution < 1.29 is 14.7 Å². The van der Waals surface area contributed by atoms with Gasteiger partial charge in [-0.1, -0.05) is 0 Å². The Kier molecular flexibility index (Phi) is 1.39. The van der Waals surface area contributed by atoms with Crippen LogP contribution in [0, 0.1) is 0 Å². The predicted octanol–water partition coefficient (Wildman–Crippen LogP) is -0.260. The summed E-state index contributed by atoms with van der Waals surface area (Å²) in [6.07, 6.45) is 0.712. The second-order valence-corrected chi connectivity index (χ2v) is 2.69. The molecule has 0 aromatic rings. The van der Waals surface area contributed by atoms with Crippen LogP contribution in [-0.2, 0) is 9.59 Å². The molecule has 1 saturated heterocycles. The monoisotopic (exact) mass is 143 g/mol. The number of amides is 1. The summed E-state index contributed by atoms with van der Waals surface area (Å²) in [6.45, 7) is 1.51.